The quantitative estimate of drug-likeness (QED) is 0.253. The van der Waals surface area contributed by atoms with E-state index in [1.54, 1.807) is 39.5 Å². The maximum Gasteiger partial charge on any atom is 0.269 e. The molecule has 1 atom stereocenters. The van der Waals surface area contributed by atoms with Gasteiger partial charge in [-0.1, -0.05) is 18.2 Å². The van der Waals surface area contributed by atoms with Crippen LogP contribution < -0.4 is 25.0 Å². The molecule has 0 spiro atoms. The van der Waals surface area contributed by atoms with Gasteiger partial charge in [-0.15, -0.1) is 11.8 Å². The van der Waals surface area contributed by atoms with Crippen LogP contribution in [0.4, 0.5) is 5.69 Å². The monoisotopic (exact) mass is 508 g/mol. The fourth-order valence-corrected chi connectivity index (χ4v) is 5.12. The highest BCUT2D eigenvalue weighted by atomic mass is 32.2. The van der Waals surface area contributed by atoms with Crippen molar-refractivity contribution < 1.29 is 19.1 Å². The molecule has 0 saturated carbocycles. The van der Waals surface area contributed by atoms with Gasteiger partial charge in [0, 0.05) is 30.3 Å². The lowest BCUT2D eigenvalue weighted by Gasteiger charge is -2.20. The van der Waals surface area contributed by atoms with Crippen LogP contribution in [0.2, 0.25) is 0 Å². The number of hydrogen-bond donors (Lipinski definition) is 1. The first-order valence-electron chi connectivity index (χ1n) is 11.4. The molecule has 9 heteroatoms. The van der Waals surface area contributed by atoms with Crippen molar-refractivity contribution in [2.24, 2.45) is 0 Å². The van der Waals surface area contributed by atoms with Crippen molar-refractivity contribution in [3.8, 4) is 28.4 Å². The van der Waals surface area contributed by atoms with Gasteiger partial charge in [0.25, 0.3) is 5.69 Å². The Bertz CT molecular complexity index is 1340. The molecule has 1 aliphatic rings. The van der Waals surface area contributed by atoms with Crippen LogP contribution in [-0.4, -0.2) is 32.5 Å². The van der Waals surface area contributed by atoms with E-state index in [2.05, 4.69) is 5.32 Å². The minimum atomic E-state index is -0.412. The van der Waals surface area contributed by atoms with Gasteiger partial charge in [0.05, 0.1) is 31.1 Å². The SMILES string of the molecule is COc1cc2c(c(OC)c1OC)-c1ccc(SC)c(=O)cc1[C@@H](NCc1ccc([N+](=O)[O-])cc1)CC2. The summed E-state index contributed by atoms with van der Waals surface area (Å²) in [7, 11) is 4.77. The first kappa shape index (κ1) is 25.5. The number of fused-ring (bicyclic) bond motifs is 3. The predicted octanol–water partition coefficient (Wildman–Crippen LogP) is 5.15. The molecule has 0 amide bonds. The number of benzene rings is 2. The van der Waals surface area contributed by atoms with Crippen molar-refractivity contribution in [1.82, 2.24) is 5.32 Å². The van der Waals surface area contributed by atoms with Crippen molar-refractivity contribution >= 4 is 17.4 Å². The largest absolute Gasteiger partial charge is 0.493 e. The molecule has 1 aliphatic carbocycles. The van der Waals surface area contributed by atoms with Gasteiger partial charge in [0.1, 0.15) is 0 Å². The Morgan fingerprint density at radius 2 is 1.75 bits per heavy atom. The molecule has 0 fully saturated rings. The van der Waals surface area contributed by atoms with E-state index < -0.39 is 4.92 Å². The summed E-state index contributed by atoms with van der Waals surface area (Å²) in [5.74, 6) is 1.65. The molecule has 0 heterocycles. The highest BCUT2D eigenvalue weighted by Crippen LogP contribution is 2.50. The molecule has 0 bridgehead atoms. The Morgan fingerprint density at radius 3 is 2.36 bits per heavy atom. The number of nitrogens with one attached hydrogen (secondary N) is 1. The summed E-state index contributed by atoms with van der Waals surface area (Å²) in [6.07, 6.45) is 3.32. The molecule has 0 saturated heterocycles. The van der Waals surface area contributed by atoms with Crippen molar-refractivity contribution in [2.45, 2.75) is 30.3 Å². The van der Waals surface area contributed by atoms with Crippen LogP contribution in [0, 0.1) is 10.1 Å². The van der Waals surface area contributed by atoms with E-state index in [-0.39, 0.29) is 17.2 Å². The lowest BCUT2D eigenvalue weighted by atomic mass is 9.95. The smallest absolute Gasteiger partial charge is 0.269 e. The second-order valence-electron chi connectivity index (χ2n) is 8.35. The van der Waals surface area contributed by atoms with Crippen molar-refractivity contribution in [1.29, 1.82) is 0 Å². The van der Waals surface area contributed by atoms with Crippen molar-refractivity contribution in [2.75, 3.05) is 27.6 Å². The average Bonchev–Trinajstić information content (AvgIpc) is 3.14. The topological polar surface area (TPSA) is 99.9 Å². The third kappa shape index (κ3) is 4.89. The molecule has 3 aromatic carbocycles. The van der Waals surface area contributed by atoms with Crippen LogP contribution >= 0.6 is 11.8 Å². The molecule has 0 aliphatic heterocycles. The van der Waals surface area contributed by atoms with E-state index in [0.717, 1.165) is 34.2 Å². The van der Waals surface area contributed by atoms with Crippen LogP contribution in [0.25, 0.3) is 11.1 Å². The van der Waals surface area contributed by atoms with Crippen molar-refractivity contribution in [3.63, 3.8) is 0 Å². The number of nitro benzene ring substituents is 1. The zero-order chi connectivity index (χ0) is 25.8. The lowest BCUT2D eigenvalue weighted by Crippen LogP contribution is -2.22. The van der Waals surface area contributed by atoms with E-state index in [0.29, 0.717) is 35.1 Å². The zero-order valence-corrected chi connectivity index (χ0v) is 21.4. The Hall–Kier alpha value is -3.56. The summed E-state index contributed by atoms with van der Waals surface area (Å²) in [5, 5.41) is 14.6. The van der Waals surface area contributed by atoms with Crippen LogP contribution in [-0.2, 0) is 13.0 Å². The van der Waals surface area contributed by atoms with E-state index >= 15 is 0 Å². The summed E-state index contributed by atoms with van der Waals surface area (Å²) in [6, 6.07) is 13.8. The van der Waals surface area contributed by atoms with Crippen LogP contribution in [0.1, 0.15) is 29.2 Å². The third-order valence-electron chi connectivity index (χ3n) is 6.42. The van der Waals surface area contributed by atoms with Gasteiger partial charge in [0.2, 0.25) is 5.75 Å². The van der Waals surface area contributed by atoms with Gasteiger partial charge in [0.15, 0.2) is 16.9 Å². The Labute approximate surface area is 213 Å². The fourth-order valence-electron chi connectivity index (χ4n) is 4.66. The van der Waals surface area contributed by atoms with Crippen LogP contribution in [0.3, 0.4) is 0 Å². The molecule has 36 heavy (non-hydrogen) atoms. The molecule has 188 valence electrons. The number of ether oxygens (including phenoxy) is 3. The van der Waals surface area contributed by atoms with Gasteiger partial charge in [-0.05, 0) is 59.6 Å². The number of nitro groups is 1. The van der Waals surface area contributed by atoms with E-state index in [4.69, 9.17) is 14.2 Å². The Kier molecular flexibility index (Phi) is 7.81. The maximum absolute atomic E-state index is 13.1. The van der Waals surface area contributed by atoms with Crippen molar-refractivity contribution in [3.05, 3.63) is 85.6 Å². The maximum atomic E-state index is 13.1. The molecular weight excluding hydrogens is 480 g/mol. The molecule has 1 N–H and O–H groups in total. The van der Waals surface area contributed by atoms with Crippen LogP contribution in [0.5, 0.6) is 17.2 Å². The highest BCUT2D eigenvalue weighted by molar-refractivity contribution is 7.98. The molecule has 0 unspecified atom stereocenters. The number of thioether (sulfide) groups is 1. The molecule has 3 aromatic rings. The Balaban J connectivity index is 1.84. The molecule has 8 nitrogen and oxygen atoms in total. The van der Waals surface area contributed by atoms with Gasteiger partial charge >= 0.3 is 0 Å². The standard InChI is InChI=1S/C27H28N2O6S/c1-33-23-13-17-7-11-21(28-15-16-5-8-18(9-6-16)29(31)32)20-14-22(30)24(36-4)12-10-19(20)25(17)27(35-3)26(23)34-2/h5-6,8-10,12-14,21,28H,7,11,15H2,1-4H3/t21-/m0/s1. The number of non-ortho nitro benzene ring substituents is 1. The molecular formula is C27H28N2O6S. The first-order chi connectivity index (χ1) is 17.4. The highest BCUT2D eigenvalue weighted by Gasteiger charge is 2.29. The number of aryl methyl sites for hydroxylation is 1. The normalized spacial score (nSPS) is 14.3. The number of methoxy groups -OCH3 is 3. The molecule has 0 aromatic heterocycles. The zero-order valence-electron chi connectivity index (χ0n) is 20.6. The average molecular weight is 509 g/mol. The fraction of sp³-hybridized carbons (Fsp3) is 0.296. The van der Waals surface area contributed by atoms with Gasteiger partial charge in [-0.3, -0.25) is 14.9 Å². The van der Waals surface area contributed by atoms with Gasteiger partial charge < -0.3 is 19.5 Å². The van der Waals surface area contributed by atoms with E-state index in [1.807, 2.05) is 24.5 Å². The molecule has 4 rings (SSSR count). The Morgan fingerprint density at radius 1 is 1.03 bits per heavy atom. The van der Waals surface area contributed by atoms with Gasteiger partial charge in [-0.2, -0.15) is 0 Å². The number of rotatable bonds is 8. The first-order valence-corrected chi connectivity index (χ1v) is 12.7. The van der Waals surface area contributed by atoms with Crippen LogP contribution in [0.15, 0.2) is 58.2 Å². The summed E-state index contributed by atoms with van der Waals surface area (Å²) >= 11 is 1.41. The minimum absolute atomic E-state index is 0.0474. The summed E-state index contributed by atoms with van der Waals surface area (Å²) in [4.78, 5) is 24.3. The predicted molar refractivity (Wildman–Crippen MR) is 141 cm³/mol. The van der Waals surface area contributed by atoms with Gasteiger partial charge in [-0.25, -0.2) is 0 Å². The minimum Gasteiger partial charge on any atom is -0.493 e. The second-order valence-corrected chi connectivity index (χ2v) is 9.20. The molecule has 0 radical (unpaired) electrons. The summed E-state index contributed by atoms with van der Waals surface area (Å²) in [6.45, 7) is 0.490. The number of nitrogens with zero attached hydrogens (tertiary/aromatic N) is 1. The summed E-state index contributed by atoms with van der Waals surface area (Å²) < 4.78 is 17.1. The third-order valence-corrected chi connectivity index (χ3v) is 7.20. The van der Waals surface area contributed by atoms with E-state index in [1.165, 1.54) is 23.9 Å². The second kappa shape index (κ2) is 11.0. The number of hydrogen-bond acceptors (Lipinski definition) is 8. The lowest BCUT2D eigenvalue weighted by molar-refractivity contribution is -0.384. The summed E-state index contributed by atoms with van der Waals surface area (Å²) in [5.41, 5.74) is 4.59. The van der Waals surface area contributed by atoms with E-state index in [9.17, 15) is 14.9 Å².